The lowest BCUT2D eigenvalue weighted by atomic mass is 10.4. The maximum Gasteiger partial charge on any atom is 0.244 e. The molecule has 1 aromatic carbocycles. The summed E-state index contributed by atoms with van der Waals surface area (Å²) in [6.07, 6.45) is 0. The SMILES string of the molecule is CC(C)N(C)S(=O)(=O)c1ccccc1Br. The molecule has 5 heteroatoms. The number of hydrogen-bond donors (Lipinski definition) is 0. The van der Waals surface area contributed by atoms with Crippen LogP contribution in [0.5, 0.6) is 0 Å². The van der Waals surface area contributed by atoms with Gasteiger partial charge in [-0.3, -0.25) is 0 Å². The molecule has 0 aromatic heterocycles. The van der Waals surface area contributed by atoms with E-state index in [1.165, 1.54) is 4.31 Å². The second-order valence-electron chi connectivity index (χ2n) is 3.55. The molecule has 1 rings (SSSR count). The zero-order valence-corrected chi connectivity index (χ0v) is 11.3. The molecular weight excluding hydrogens is 278 g/mol. The van der Waals surface area contributed by atoms with Crippen molar-refractivity contribution in [1.29, 1.82) is 0 Å². The van der Waals surface area contributed by atoms with Gasteiger partial charge in [0.25, 0.3) is 0 Å². The number of rotatable bonds is 3. The zero-order valence-electron chi connectivity index (χ0n) is 8.94. The highest BCUT2D eigenvalue weighted by molar-refractivity contribution is 9.10. The maximum atomic E-state index is 12.1. The fourth-order valence-electron chi connectivity index (χ4n) is 1.09. The highest BCUT2D eigenvalue weighted by atomic mass is 79.9. The van der Waals surface area contributed by atoms with Crippen LogP contribution in [0.15, 0.2) is 33.6 Å². The summed E-state index contributed by atoms with van der Waals surface area (Å²) in [4.78, 5) is 0.307. The lowest BCUT2D eigenvalue weighted by Gasteiger charge is -2.21. The number of halogens is 1. The van der Waals surface area contributed by atoms with Crippen molar-refractivity contribution in [3.05, 3.63) is 28.7 Å². The van der Waals surface area contributed by atoms with Gasteiger partial charge in [0.1, 0.15) is 0 Å². The van der Waals surface area contributed by atoms with Gasteiger partial charge < -0.3 is 0 Å². The molecule has 0 aliphatic heterocycles. The summed E-state index contributed by atoms with van der Waals surface area (Å²) in [7, 11) is -1.80. The van der Waals surface area contributed by atoms with E-state index in [4.69, 9.17) is 0 Å². The second kappa shape index (κ2) is 4.63. The molecule has 0 atom stereocenters. The van der Waals surface area contributed by atoms with Crippen molar-refractivity contribution in [1.82, 2.24) is 4.31 Å². The predicted molar refractivity (Wildman–Crippen MR) is 64.2 cm³/mol. The highest BCUT2D eigenvalue weighted by Crippen LogP contribution is 2.24. The Balaban J connectivity index is 3.24. The molecule has 0 unspecified atom stereocenters. The molecule has 84 valence electrons. The van der Waals surface area contributed by atoms with Crippen LogP contribution in [0.2, 0.25) is 0 Å². The molecule has 0 saturated heterocycles. The Morgan fingerprint density at radius 1 is 1.27 bits per heavy atom. The molecule has 0 fully saturated rings. The quantitative estimate of drug-likeness (QED) is 0.858. The van der Waals surface area contributed by atoms with E-state index >= 15 is 0 Å². The summed E-state index contributed by atoms with van der Waals surface area (Å²) in [6, 6.07) is 6.77. The number of hydrogen-bond acceptors (Lipinski definition) is 2. The van der Waals surface area contributed by atoms with Crippen LogP contribution in [0.1, 0.15) is 13.8 Å². The summed E-state index contributed by atoms with van der Waals surface area (Å²) >= 11 is 3.24. The molecule has 0 spiro atoms. The third-order valence-corrected chi connectivity index (χ3v) is 5.27. The topological polar surface area (TPSA) is 37.4 Å². The molecule has 0 aliphatic rings. The van der Waals surface area contributed by atoms with Crippen molar-refractivity contribution < 1.29 is 8.42 Å². The van der Waals surface area contributed by atoms with Gasteiger partial charge in [0.15, 0.2) is 0 Å². The Hall–Kier alpha value is -0.390. The Kier molecular flexibility index (Phi) is 3.92. The largest absolute Gasteiger partial charge is 0.244 e. The Morgan fingerprint density at radius 3 is 2.27 bits per heavy atom. The fourth-order valence-corrected chi connectivity index (χ4v) is 3.42. The molecule has 0 radical (unpaired) electrons. The van der Waals surface area contributed by atoms with E-state index < -0.39 is 10.0 Å². The van der Waals surface area contributed by atoms with E-state index in [1.807, 2.05) is 13.8 Å². The Labute approximate surface area is 99.3 Å². The van der Waals surface area contributed by atoms with E-state index in [-0.39, 0.29) is 6.04 Å². The van der Waals surface area contributed by atoms with Crippen LogP contribution in [-0.2, 0) is 10.0 Å². The first-order chi connectivity index (χ1) is 6.87. The van der Waals surface area contributed by atoms with Crippen LogP contribution in [0.25, 0.3) is 0 Å². The van der Waals surface area contributed by atoms with E-state index in [1.54, 1.807) is 31.3 Å². The third kappa shape index (κ3) is 2.59. The zero-order chi connectivity index (χ0) is 11.6. The third-order valence-electron chi connectivity index (χ3n) is 2.22. The van der Waals surface area contributed by atoms with Crippen LogP contribution in [0, 0.1) is 0 Å². The summed E-state index contributed by atoms with van der Waals surface area (Å²) in [5.41, 5.74) is 0. The van der Waals surface area contributed by atoms with Gasteiger partial charge in [-0.05, 0) is 41.9 Å². The van der Waals surface area contributed by atoms with Crippen molar-refractivity contribution >= 4 is 26.0 Å². The van der Waals surface area contributed by atoms with Crippen molar-refractivity contribution in [2.24, 2.45) is 0 Å². The van der Waals surface area contributed by atoms with Gasteiger partial charge in [0, 0.05) is 17.6 Å². The lowest BCUT2D eigenvalue weighted by Crippen LogP contribution is -2.33. The van der Waals surface area contributed by atoms with Gasteiger partial charge in [-0.15, -0.1) is 0 Å². The molecule has 0 heterocycles. The number of benzene rings is 1. The minimum Gasteiger partial charge on any atom is -0.207 e. The smallest absolute Gasteiger partial charge is 0.207 e. The average molecular weight is 292 g/mol. The normalized spacial score (nSPS) is 12.4. The van der Waals surface area contributed by atoms with Gasteiger partial charge in [0.2, 0.25) is 10.0 Å². The number of sulfonamides is 1. The maximum absolute atomic E-state index is 12.1. The van der Waals surface area contributed by atoms with Crippen LogP contribution < -0.4 is 0 Å². The monoisotopic (exact) mass is 291 g/mol. The predicted octanol–water partition coefficient (Wildman–Crippen LogP) is 2.48. The van der Waals surface area contributed by atoms with E-state index in [9.17, 15) is 8.42 Å². The van der Waals surface area contributed by atoms with Crippen LogP contribution >= 0.6 is 15.9 Å². The first-order valence-corrected chi connectivity index (χ1v) is 6.83. The fraction of sp³-hybridized carbons (Fsp3) is 0.400. The molecule has 0 aliphatic carbocycles. The van der Waals surface area contributed by atoms with Gasteiger partial charge >= 0.3 is 0 Å². The minimum atomic E-state index is -3.38. The Morgan fingerprint density at radius 2 is 1.80 bits per heavy atom. The summed E-state index contributed by atoms with van der Waals surface area (Å²) in [6.45, 7) is 3.68. The first kappa shape index (κ1) is 12.7. The van der Waals surface area contributed by atoms with Gasteiger partial charge in [0.05, 0.1) is 4.90 Å². The van der Waals surface area contributed by atoms with Gasteiger partial charge in [-0.2, -0.15) is 4.31 Å². The van der Waals surface area contributed by atoms with Crippen LogP contribution in [0.4, 0.5) is 0 Å². The highest BCUT2D eigenvalue weighted by Gasteiger charge is 2.24. The summed E-state index contributed by atoms with van der Waals surface area (Å²) < 4.78 is 26.1. The van der Waals surface area contributed by atoms with Crippen molar-refractivity contribution in [3.8, 4) is 0 Å². The van der Waals surface area contributed by atoms with Gasteiger partial charge in [-0.25, -0.2) is 8.42 Å². The number of nitrogens with zero attached hydrogens (tertiary/aromatic N) is 1. The first-order valence-electron chi connectivity index (χ1n) is 4.60. The van der Waals surface area contributed by atoms with E-state index in [0.717, 1.165) is 0 Å². The second-order valence-corrected chi connectivity index (χ2v) is 6.37. The summed E-state index contributed by atoms with van der Waals surface area (Å²) in [5.74, 6) is 0. The van der Waals surface area contributed by atoms with E-state index in [2.05, 4.69) is 15.9 Å². The van der Waals surface area contributed by atoms with Crippen molar-refractivity contribution in [3.63, 3.8) is 0 Å². The average Bonchev–Trinajstić information content (AvgIpc) is 2.16. The molecule has 0 amide bonds. The van der Waals surface area contributed by atoms with Crippen molar-refractivity contribution in [2.75, 3.05) is 7.05 Å². The standard InChI is InChI=1S/C10H14BrNO2S/c1-8(2)12(3)15(13,14)10-7-5-4-6-9(10)11/h4-8H,1-3H3. The van der Waals surface area contributed by atoms with Crippen LogP contribution in [0.3, 0.4) is 0 Å². The molecule has 0 N–H and O–H groups in total. The minimum absolute atomic E-state index is 0.0536. The Bertz CT molecular complexity index is 442. The van der Waals surface area contributed by atoms with E-state index in [0.29, 0.717) is 9.37 Å². The lowest BCUT2D eigenvalue weighted by molar-refractivity contribution is 0.410. The van der Waals surface area contributed by atoms with Crippen molar-refractivity contribution in [2.45, 2.75) is 24.8 Å². The van der Waals surface area contributed by atoms with Gasteiger partial charge in [-0.1, -0.05) is 12.1 Å². The summed E-state index contributed by atoms with van der Waals surface area (Å²) in [5, 5.41) is 0. The molecule has 3 nitrogen and oxygen atoms in total. The molecule has 0 saturated carbocycles. The van der Waals surface area contributed by atoms with Crippen LogP contribution in [-0.4, -0.2) is 25.8 Å². The molecule has 0 bridgehead atoms. The molecular formula is C10H14BrNO2S. The molecule has 15 heavy (non-hydrogen) atoms. The molecule has 1 aromatic rings.